The standard InChI is InChI=1S/C14H24N2/c1-4-6-14(7-5-2)16-11-13-9-8-12(3)15-10-13/h8-10,14,16H,4-7,11H2,1-3H3. The van der Waals surface area contributed by atoms with E-state index in [1.165, 1.54) is 31.2 Å². The summed E-state index contributed by atoms with van der Waals surface area (Å²) in [6.07, 6.45) is 7.02. The molecule has 0 bridgehead atoms. The third kappa shape index (κ3) is 4.75. The molecule has 0 unspecified atom stereocenters. The normalized spacial score (nSPS) is 11.0. The number of aromatic nitrogens is 1. The predicted octanol–water partition coefficient (Wildman–Crippen LogP) is 3.45. The van der Waals surface area contributed by atoms with Crippen molar-refractivity contribution in [1.82, 2.24) is 10.3 Å². The number of nitrogens with zero attached hydrogens (tertiary/aromatic N) is 1. The summed E-state index contributed by atoms with van der Waals surface area (Å²) >= 11 is 0. The van der Waals surface area contributed by atoms with Crippen LogP contribution < -0.4 is 5.32 Å². The average molecular weight is 220 g/mol. The Morgan fingerprint density at radius 2 is 1.88 bits per heavy atom. The van der Waals surface area contributed by atoms with E-state index in [0.717, 1.165) is 12.2 Å². The van der Waals surface area contributed by atoms with Crippen molar-refractivity contribution in [3.8, 4) is 0 Å². The fourth-order valence-corrected chi connectivity index (χ4v) is 1.91. The van der Waals surface area contributed by atoms with E-state index in [2.05, 4.69) is 36.3 Å². The van der Waals surface area contributed by atoms with Crippen LogP contribution in [0, 0.1) is 6.92 Å². The number of aryl methyl sites for hydroxylation is 1. The van der Waals surface area contributed by atoms with E-state index in [-0.39, 0.29) is 0 Å². The second-order valence-corrected chi connectivity index (χ2v) is 4.46. The van der Waals surface area contributed by atoms with Crippen molar-refractivity contribution in [2.24, 2.45) is 0 Å². The van der Waals surface area contributed by atoms with Crippen LogP contribution in [-0.2, 0) is 6.54 Å². The van der Waals surface area contributed by atoms with Gasteiger partial charge in [-0.1, -0.05) is 32.8 Å². The fourth-order valence-electron chi connectivity index (χ4n) is 1.91. The van der Waals surface area contributed by atoms with Gasteiger partial charge >= 0.3 is 0 Å². The Morgan fingerprint density at radius 1 is 1.19 bits per heavy atom. The van der Waals surface area contributed by atoms with Crippen molar-refractivity contribution in [3.63, 3.8) is 0 Å². The average Bonchev–Trinajstić information content (AvgIpc) is 2.29. The van der Waals surface area contributed by atoms with E-state index in [1.807, 2.05) is 13.1 Å². The molecule has 1 rings (SSSR count). The van der Waals surface area contributed by atoms with Gasteiger partial charge in [-0.05, 0) is 31.4 Å². The summed E-state index contributed by atoms with van der Waals surface area (Å²) in [4.78, 5) is 4.31. The molecule has 0 saturated heterocycles. The molecule has 1 heterocycles. The van der Waals surface area contributed by atoms with Crippen LogP contribution in [0.15, 0.2) is 18.3 Å². The third-order valence-corrected chi connectivity index (χ3v) is 2.84. The molecule has 2 nitrogen and oxygen atoms in total. The highest BCUT2D eigenvalue weighted by molar-refractivity contribution is 5.12. The van der Waals surface area contributed by atoms with Crippen LogP contribution in [0.4, 0.5) is 0 Å². The summed E-state index contributed by atoms with van der Waals surface area (Å²) in [5.74, 6) is 0. The van der Waals surface area contributed by atoms with Crippen molar-refractivity contribution in [3.05, 3.63) is 29.6 Å². The predicted molar refractivity (Wildman–Crippen MR) is 69.4 cm³/mol. The molecule has 0 aliphatic heterocycles. The van der Waals surface area contributed by atoms with Crippen LogP contribution in [-0.4, -0.2) is 11.0 Å². The van der Waals surface area contributed by atoms with Gasteiger partial charge in [0.2, 0.25) is 0 Å². The molecule has 0 aromatic carbocycles. The topological polar surface area (TPSA) is 24.9 Å². The van der Waals surface area contributed by atoms with E-state index in [1.54, 1.807) is 0 Å². The highest BCUT2D eigenvalue weighted by atomic mass is 14.9. The lowest BCUT2D eigenvalue weighted by Crippen LogP contribution is -2.28. The van der Waals surface area contributed by atoms with Crippen molar-refractivity contribution < 1.29 is 0 Å². The number of rotatable bonds is 7. The molecule has 1 N–H and O–H groups in total. The van der Waals surface area contributed by atoms with E-state index < -0.39 is 0 Å². The summed E-state index contributed by atoms with van der Waals surface area (Å²) in [5, 5.41) is 3.62. The van der Waals surface area contributed by atoms with E-state index in [9.17, 15) is 0 Å². The zero-order valence-corrected chi connectivity index (χ0v) is 10.8. The van der Waals surface area contributed by atoms with Crippen LogP contribution in [0.5, 0.6) is 0 Å². The van der Waals surface area contributed by atoms with Crippen molar-refractivity contribution >= 4 is 0 Å². The lowest BCUT2D eigenvalue weighted by atomic mass is 10.1. The highest BCUT2D eigenvalue weighted by Crippen LogP contribution is 2.06. The van der Waals surface area contributed by atoms with Gasteiger partial charge < -0.3 is 5.32 Å². The minimum absolute atomic E-state index is 0.663. The molecular formula is C14H24N2. The minimum Gasteiger partial charge on any atom is -0.310 e. The first-order valence-electron chi connectivity index (χ1n) is 6.41. The molecule has 16 heavy (non-hydrogen) atoms. The van der Waals surface area contributed by atoms with Crippen LogP contribution >= 0.6 is 0 Å². The summed E-state index contributed by atoms with van der Waals surface area (Å²) in [5.41, 5.74) is 2.37. The van der Waals surface area contributed by atoms with Crippen molar-refractivity contribution in [2.75, 3.05) is 0 Å². The monoisotopic (exact) mass is 220 g/mol. The maximum atomic E-state index is 4.31. The van der Waals surface area contributed by atoms with Gasteiger partial charge in [-0.15, -0.1) is 0 Å². The van der Waals surface area contributed by atoms with E-state index in [4.69, 9.17) is 0 Å². The Labute approximate surface area is 99.5 Å². The fraction of sp³-hybridized carbons (Fsp3) is 0.643. The summed E-state index contributed by atoms with van der Waals surface area (Å²) < 4.78 is 0. The number of nitrogens with one attached hydrogen (secondary N) is 1. The molecule has 0 amide bonds. The quantitative estimate of drug-likeness (QED) is 0.761. The molecule has 0 radical (unpaired) electrons. The maximum absolute atomic E-state index is 4.31. The van der Waals surface area contributed by atoms with Gasteiger partial charge in [0.25, 0.3) is 0 Å². The van der Waals surface area contributed by atoms with Crippen LogP contribution in [0.3, 0.4) is 0 Å². The molecule has 1 aromatic rings. The Morgan fingerprint density at radius 3 is 2.38 bits per heavy atom. The van der Waals surface area contributed by atoms with Crippen LogP contribution in [0.2, 0.25) is 0 Å². The van der Waals surface area contributed by atoms with Gasteiger partial charge in [0.1, 0.15) is 0 Å². The van der Waals surface area contributed by atoms with Gasteiger partial charge in [0.15, 0.2) is 0 Å². The molecular weight excluding hydrogens is 196 g/mol. The Balaban J connectivity index is 2.38. The Bertz CT molecular complexity index is 273. The molecule has 2 heteroatoms. The van der Waals surface area contributed by atoms with Gasteiger partial charge in [-0.25, -0.2) is 0 Å². The van der Waals surface area contributed by atoms with E-state index in [0.29, 0.717) is 6.04 Å². The van der Waals surface area contributed by atoms with Crippen LogP contribution in [0.1, 0.15) is 50.8 Å². The summed E-state index contributed by atoms with van der Waals surface area (Å²) in [6, 6.07) is 4.90. The van der Waals surface area contributed by atoms with Gasteiger partial charge in [0.05, 0.1) is 0 Å². The zero-order chi connectivity index (χ0) is 11.8. The molecule has 0 fully saturated rings. The molecule has 1 aromatic heterocycles. The second-order valence-electron chi connectivity index (χ2n) is 4.46. The molecule has 90 valence electrons. The van der Waals surface area contributed by atoms with Crippen molar-refractivity contribution in [2.45, 2.75) is 59.0 Å². The number of hydrogen-bond donors (Lipinski definition) is 1. The Hall–Kier alpha value is -0.890. The van der Waals surface area contributed by atoms with Gasteiger partial charge in [-0.2, -0.15) is 0 Å². The SMILES string of the molecule is CCCC(CCC)NCc1ccc(C)nc1. The van der Waals surface area contributed by atoms with Gasteiger partial charge in [-0.3, -0.25) is 4.98 Å². The number of hydrogen-bond acceptors (Lipinski definition) is 2. The summed E-state index contributed by atoms with van der Waals surface area (Å²) in [6.45, 7) is 7.46. The molecule has 0 spiro atoms. The van der Waals surface area contributed by atoms with Crippen molar-refractivity contribution in [1.29, 1.82) is 0 Å². The third-order valence-electron chi connectivity index (χ3n) is 2.84. The number of pyridine rings is 1. The second kappa shape index (κ2) is 7.39. The molecule has 0 aliphatic carbocycles. The lowest BCUT2D eigenvalue weighted by Gasteiger charge is -2.17. The smallest absolute Gasteiger partial charge is 0.0372 e. The van der Waals surface area contributed by atoms with E-state index >= 15 is 0 Å². The molecule has 0 atom stereocenters. The first-order valence-corrected chi connectivity index (χ1v) is 6.41. The Kier molecular flexibility index (Phi) is 6.09. The maximum Gasteiger partial charge on any atom is 0.0372 e. The zero-order valence-electron chi connectivity index (χ0n) is 10.8. The lowest BCUT2D eigenvalue weighted by molar-refractivity contribution is 0.443. The first-order chi connectivity index (χ1) is 7.76. The molecule has 0 saturated carbocycles. The minimum atomic E-state index is 0.663. The largest absolute Gasteiger partial charge is 0.310 e. The highest BCUT2D eigenvalue weighted by Gasteiger charge is 2.05. The molecule has 0 aliphatic rings. The summed E-state index contributed by atoms with van der Waals surface area (Å²) in [7, 11) is 0. The first kappa shape index (κ1) is 13.2. The van der Waals surface area contributed by atoms with Crippen LogP contribution in [0.25, 0.3) is 0 Å². The van der Waals surface area contributed by atoms with Gasteiger partial charge in [0, 0.05) is 24.5 Å².